The van der Waals surface area contributed by atoms with Crippen LogP contribution in [0.25, 0.3) is 0 Å². The van der Waals surface area contributed by atoms with Gasteiger partial charge in [0, 0.05) is 18.0 Å². The maximum absolute atomic E-state index is 11.5. The lowest BCUT2D eigenvalue weighted by atomic mass is 10.2. The van der Waals surface area contributed by atoms with Crippen molar-refractivity contribution in [3.05, 3.63) is 18.0 Å². The molecule has 0 saturated carbocycles. The predicted molar refractivity (Wildman–Crippen MR) is 51.8 cm³/mol. The molecule has 1 amide bonds. The van der Waals surface area contributed by atoms with E-state index in [1.54, 1.807) is 12.3 Å². The van der Waals surface area contributed by atoms with Crippen molar-refractivity contribution in [2.75, 3.05) is 11.5 Å². The van der Waals surface area contributed by atoms with Crippen LogP contribution in [0.3, 0.4) is 0 Å². The lowest BCUT2D eigenvalue weighted by molar-refractivity contribution is 0.0936. The Morgan fingerprint density at radius 1 is 1.77 bits per heavy atom. The molecule has 1 fully saturated rings. The second-order valence-electron chi connectivity index (χ2n) is 3.00. The third kappa shape index (κ3) is 2.03. The summed E-state index contributed by atoms with van der Waals surface area (Å²) in [7, 11) is 0. The average molecular weight is 197 g/mol. The van der Waals surface area contributed by atoms with E-state index in [-0.39, 0.29) is 5.91 Å². The number of carbonyl (C=O) groups excluding carboxylic acids is 1. The van der Waals surface area contributed by atoms with Crippen molar-refractivity contribution in [3.8, 4) is 0 Å². The molecule has 70 valence electrons. The monoisotopic (exact) mass is 197 g/mol. The topological polar surface area (TPSA) is 57.8 Å². The fourth-order valence-electron chi connectivity index (χ4n) is 1.29. The standard InChI is InChI=1S/C8H11N3OS/c12-8(7-1-3-9-11-7)10-6-2-4-13-5-6/h1,3,6H,2,4-5H2,(H,9,11)(H,10,12). The molecular formula is C8H11N3OS. The summed E-state index contributed by atoms with van der Waals surface area (Å²) in [4.78, 5) is 11.5. The minimum atomic E-state index is -0.0509. The highest BCUT2D eigenvalue weighted by Crippen LogP contribution is 2.17. The van der Waals surface area contributed by atoms with E-state index in [2.05, 4.69) is 15.5 Å². The number of carbonyl (C=O) groups is 1. The van der Waals surface area contributed by atoms with Crippen LogP contribution < -0.4 is 5.32 Å². The molecule has 1 aromatic heterocycles. The number of aromatic nitrogens is 2. The van der Waals surface area contributed by atoms with Crippen LogP contribution in [0, 0.1) is 0 Å². The van der Waals surface area contributed by atoms with Crippen molar-refractivity contribution in [2.45, 2.75) is 12.5 Å². The highest BCUT2D eigenvalue weighted by Gasteiger charge is 2.18. The Morgan fingerprint density at radius 2 is 2.69 bits per heavy atom. The van der Waals surface area contributed by atoms with Gasteiger partial charge in [-0.05, 0) is 18.2 Å². The van der Waals surface area contributed by atoms with Gasteiger partial charge in [-0.1, -0.05) is 0 Å². The first-order chi connectivity index (χ1) is 6.36. The number of nitrogens with one attached hydrogen (secondary N) is 2. The zero-order valence-electron chi connectivity index (χ0n) is 7.12. The van der Waals surface area contributed by atoms with E-state index in [1.807, 2.05) is 11.8 Å². The van der Waals surface area contributed by atoms with Crippen LogP contribution >= 0.6 is 11.8 Å². The SMILES string of the molecule is O=C(NC1CCSC1)c1ccn[nH]1. The fourth-order valence-corrected chi connectivity index (χ4v) is 2.45. The van der Waals surface area contributed by atoms with Crippen LogP contribution in [0.4, 0.5) is 0 Å². The maximum atomic E-state index is 11.5. The molecule has 5 heteroatoms. The summed E-state index contributed by atoms with van der Waals surface area (Å²) >= 11 is 1.88. The van der Waals surface area contributed by atoms with E-state index in [4.69, 9.17) is 0 Å². The summed E-state index contributed by atoms with van der Waals surface area (Å²) in [6, 6.07) is 2.01. The van der Waals surface area contributed by atoms with Crippen molar-refractivity contribution in [3.63, 3.8) is 0 Å². The molecule has 1 aromatic rings. The highest BCUT2D eigenvalue weighted by molar-refractivity contribution is 7.99. The van der Waals surface area contributed by atoms with Crippen molar-refractivity contribution in [2.24, 2.45) is 0 Å². The molecular weight excluding hydrogens is 186 g/mol. The van der Waals surface area contributed by atoms with E-state index < -0.39 is 0 Å². The average Bonchev–Trinajstić information content (AvgIpc) is 2.74. The van der Waals surface area contributed by atoms with E-state index in [0.717, 1.165) is 17.9 Å². The summed E-state index contributed by atoms with van der Waals surface area (Å²) < 4.78 is 0. The molecule has 0 aliphatic carbocycles. The van der Waals surface area contributed by atoms with E-state index in [0.29, 0.717) is 11.7 Å². The first-order valence-corrected chi connectivity index (χ1v) is 5.40. The number of aromatic amines is 1. The van der Waals surface area contributed by atoms with E-state index >= 15 is 0 Å². The Labute approximate surface area is 80.5 Å². The lowest BCUT2D eigenvalue weighted by Crippen LogP contribution is -2.34. The van der Waals surface area contributed by atoms with Crippen molar-refractivity contribution in [1.29, 1.82) is 0 Å². The summed E-state index contributed by atoms with van der Waals surface area (Å²) in [5.74, 6) is 2.12. The second-order valence-corrected chi connectivity index (χ2v) is 4.15. The van der Waals surface area contributed by atoms with Gasteiger partial charge in [-0.2, -0.15) is 16.9 Å². The van der Waals surface area contributed by atoms with Crippen LogP contribution in [-0.2, 0) is 0 Å². The Bertz CT molecular complexity index is 280. The van der Waals surface area contributed by atoms with Gasteiger partial charge in [0.1, 0.15) is 5.69 Å². The van der Waals surface area contributed by atoms with Gasteiger partial charge < -0.3 is 5.32 Å². The zero-order valence-corrected chi connectivity index (χ0v) is 7.93. The number of rotatable bonds is 2. The Hall–Kier alpha value is -0.970. The molecule has 2 N–H and O–H groups in total. The molecule has 13 heavy (non-hydrogen) atoms. The molecule has 1 atom stereocenters. The Balaban J connectivity index is 1.91. The van der Waals surface area contributed by atoms with Gasteiger partial charge in [0.05, 0.1) is 0 Å². The van der Waals surface area contributed by atoms with Crippen LogP contribution in [0.5, 0.6) is 0 Å². The van der Waals surface area contributed by atoms with Gasteiger partial charge >= 0.3 is 0 Å². The molecule has 4 nitrogen and oxygen atoms in total. The molecule has 1 aliphatic rings. The van der Waals surface area contributed by atoms with Crippen molar-refractivity contribution in [1.82, 2.24) is 15.5 Å². The lowest BCUT2D eigenvalue weighted by Gasteiger charge is -2.09. The second kappa shape index (κ2) is 3.83. The zero-order chi connectivity index (χ0) is 9.10. The highest BCUT2D eigenvalue weighted by atomic mass is 32.2. The van der Waals surface area contributed by atoms with Crippen LogP contribution in [0.2, 0.25) is 0 Å². The predicted octanol–water partition coefficient (Wildman–Crippen LogP) is 0.645. The van der Waals surface area contributed by atoms with E-state index in [9.17, 15) is 4.79 Å². The van der Waals surface area contributed by atoms with Gasteiger partial charge in [0.2, 0.25) is 0 Å². The molecule has 1 aliphatic heterocycles. The molecule has 1 unspecified atom stereocenters. The number of amides is 1. The minimum Gasteiger partial charge on any atom is -0.347 e. The van der Waals surface area contributed by atoms with Gasteiger partial charge in [0.15, 0.2) is 0 Å². The third-order valence-electron chi connectivity index (χ3n) is 2.01. The third-order valence-corrected chi connectivity index (χ3v) is 3.17. The Morgan fingerprint density at radius 3 is 3.31 bits per heavy atom. The summed E-state index contributed by atoms with van der Waals surface area (Å²) in [6.07, 6.45) is 2.66. The first kappa shape index (κ1) is 8.62. The molecule has 2 heterocycles. The van der Waals surface area contributed by atoms with Gasteiger partial charge in [-0.25, -0.2) is 0 Å². The summed E-state index contributed by atoms with van der Waals surface area (Å²) in [6.45, 7) is 0. The summed E-state index contributed by atoms with van der Waals surface area (Å²) in [5, 5.41) is 9.32. The fraction of sp³-hybridized carbons (Fsp3) is 0.500. The minimum absolute atomic E-state index is 0.0509. The van der Waals surface area contributed by atoms with Gasteiger partial charge in [-0.3, -0.25) is 9.89 Å². The van der Waals surface area contributed by atoms with Crippen LogP contribution in [0.15, 0.2) is 12.3 Å². The molecule has 0 radical (unpaired) electrons. The molecule has 1 saturated heterocycles. The summed E-state index contributed by atoms with van der Waals surface area (Å²) in [5.41, 5.74) is 0.539. The number of hydrogen-bond donors (Lipinski definition) is 2. The smallest absolute Gasteiger partial charge is 0.269 e. The number of hydrogen-bond acceptors (Lipinski definition) is 3. The first-order valence-electron chi connectivity index (χ1n) is 4.24. The van der Waals surface area contributed by atoms with Crippen LogP contribution in [0.1, 0.15) is 16.9 Å². The maximum Gasteiger partial charge on any atom is 0.269 e. The Kier molecular flexibility index (Phi) is 2.54. The molecule has 0 aromatic carbocycles. The normalized spacial score (nSPS) is 21.7. The molecule has 2 rings (SSSR count). The number of thioether (sulfide) groups is 1. The molecule has 0 spiro atoms. The largest absolute Gasteiger partial charge is 0.347 e. The van der Waals surface area contributed by atoms with Crippen molar-refractivity contribution >= 4 is 17.7 Å². The van der Waals surface area contributed by atoms with Gasteiger partial charge in [-0.15, -0.1) is 0 Å². The van der Waals surface area contributed by atoms with Gasteiger partial charge in [0.25, 0.3) is 5.91 Å². The van der Waals surface area contributed by atoms with Crippen molar-refractivity contribution < 1.29 is 4.79 Å². The number of H-pyrrole nitrogens is 1. The molecule has 0 bridgehead atoms. The van der Waals surface area contributed by atoms with Crippen LogP contribution in [-0.4, -0.2) is 33.7 Å². The number of nitrogens with zero attached hydrogens (tertiary/aromatic N) is 1. The van der Waals surface area contributed by atoms with E-state index in [1.165, 1.54) is 0 Å². The quantitative estimate of drug-likeness (QED) is 0.731.